The molecular weight excluding hydrogens is 348 g/mol. The normalized spacial score (nSPS) is 14.7. The van der Waals surface area contributed by atoms with Crippen molar-refractivity contribution in [3.05, 3.63) is 54.1 Å². The lowest BCUT2D eigenvalue weighted by Crippen LogP contribution is -2.34. The second-order valence-corrected chi connectivity index (χ2v) is 6.81. The predicted octanol–water partition coefficient (Wildman–Crippen LogP) is 4.63. The highest BCUT2D eigenvalue weighted by Crippen LogP contribution is 2.26. The van der Waals surface area contributed by atoms with Crippen LogP contribution in [0.15, 0.2) is 42.5 Å². The molecule has 0 spiro atoms. The first kappa shape index (κ1) is 19.3. The molecule has 0 aliphatic carbocycles. The third kappa shape index (κ3) is 5.50. The Balaban J connectivity index is 1.48. The summed E-state index contributed by atoms with van der Waals surface area (Å²) in [5.41, 5.74) is 0.826. The first-order chi connectivity index (χ1) is 13.1. The summed E-state index contributed by atoms with van der Waals surface area (Å²) in [4.78, 5) is 14.4. The minimum absolute atomic E-state index is 0.0728. The standard InChI is InChI=1S/C21H25F2N3O/c22-18-8-3-2-7-17(18)16-9-10-20(19(23)15-16)25-21(27)24-11-6-14-26-12-4-1-5-13-26/h2-3,7-10,15H,1,4-6,11-14H2,(H2,24,25,27). The summed E-state index contributed by atoms with van der Waals surface area (Å²) in [6.07, 6.45) is 4.66. The molecule has 1 heterocycles. The molecule has 144 valence electrons. The summed E-state index contributed by atoms with van der Waals surface area (Å²) in [6, 6.07) is 10.0. The van der Waals surface area contributed by atoms with Crippen LogP contribution in [0.25, 0.3) is 11.1 Å². The summed E-state index contributed by atoms with van der Waals surface area (Å²) in [5.74, 6) is -1.01. The maximum atomic E-state index is 14.3. The van der Waals surface area contributed by atoms with E-state index in [1.165, 1.54) is 37.5 Å². The van der Waals surface area contributed by atoms with Crippen molar-refractivity contribution in [1.82, 2.24) is 10.2 Å². The van der Waals surface area contributed by atoms with Gasteiger partial charge in [0.05, 0.1) is 5.69 Å². The fourth-order valence-electron chi connectivity index (χ4n) is 3.33. The number of amides is 2. The number of nitrogens with zero attached hydrogens (tertiary/aromatic N) is 1. The van der Waals surface area contributed by atoms with E-state index >= 15 is 0 Å². The van der Waals surface area contributed by atoms with Crippen molar-refractivity contribution >= 4 is 11.7 Å². The van der Waals surface area contributed by atoms with Crippen molar-refractivity contribution in [1.29, 1.82) is 0 Å². The quantitative estimate of drug-likeness (QED) is 0.725. The number of likely N-dealkylation sites (tertiary alicyclic amines) is 1. The first-order valence-electron chi connectivity index (χ1n) is 9.45. The molecule has 0 bridgehead atoms. The molecule has 4 nitrogen and oxygen atoms in total. The fraction of sp³-hybridized carbons (Fsp3) is 0.381. The van der Waals surface area contributed by atoms with Crippen molar-refractivity contribution in [2.45, 2.75) is 25.7 Å². The number of hydrogen-bond donors (Lipinski definition) is 2. The molecule has 2 amide bonds. The number of carbonyl (C=O) groups is 1. The Hall–Kier alpha value is -2.47. The van der Waals surface area contributed by atoms with Gasteiger partial charge >= 0.3 is 6.03 Å². The van der Waals surface area contributed by atoms with Crippen LogP contribution in [0.3, 0.4) is 0 Å². The highest BCUT2D eigenvalue weighted by Gasteiger charge is 2.12. The number of benzene rings is 2. The molecule has 1 saturated heterocycles. The maximum absolute atomic E-state index is 14.3. The SMILES string of the molecule is O=C(NCCCN1CCCCC1)Nc1ccc(-c2ccccc2F)cc1F. The number of nitrogens with one attached hydrogen (secondary N) is 2. The van der Waals surface area contributed by atoms with Crippen LogP contribution in [0.2, 0.25) is 0 Å². The van der Waals surface area contributed by atoms with Crippen molar-refractivity contribution in [3.8, 4) is 11.1 Å². The lowest BCUT2D eigenvalue weighted by molar-refractivity contribution is 0.224. The zero-order chi connectivity index (χ0) is 19.1. The molecule has 0 radical (unpaired) electrons. The van der Waals surface area contributed by atoms with Gasteiger partial charge in [-0.25, -0.2) is 13.6 Å². The first-order valence-corrected chi connectivity index (χ1v) is 9.45. The largest absolute Gasteiger partial charge is 0.338 e. The van der Waals surface area contributed by atoms with Crippen LogP contribution in [0.4, 0.5) is 19.3 Å². The number of anilines is 1. The highest BCUT2D eigenvalue weighted by atomic mass is 19.1. The van der Waals surface area contributed by atoms with E-state index in [2.05, 4.69) is 15.5 Å². The van der Waals surface area contributed by atoms with E-state index in [-0.39, 0.29) is 5.69 Å². The molecule has 0 aromatic heterocycles. The van der Waals surface area contributed by atoms with Crippen LogP contribution >= 0.6 is 0 Å². The van der Waals surface area contributed by atoms with Crippen LogP contribution in [-0.2, 0) is 0 Å². The highest BCUT2D eigenvalue weighted by molar-refractivity contribution is 5.89. The van der Waals surface area contributed by atoms with Gasteiger partial charge < -0.3 is 15.5 Å². The number of carbonyl (C=O) groups excluding carboxylic acids is 1. The molecule has 6 heteroatoms. The van der Waals surface area contributed by atoms with Gasteiger partial charge in [0.25, 0.3) is 0 Å². The summed E-state index contributed by atoms with van der Waals surface area (Å²) in [7, 11) is 0. The van der Waals surface area contributed by atoms with Gasteiger partial charge in [0, 0.05) is 12.1 Å². The van der Waals surface area contributed by atoms with Gasteiger partial charge in [0.15, 0.2) is 0 Å². The molecule has 2 aromatic carbocycles. The van der Waals surface area contributed by atoms with Gasteiger partial charge in [-0.05, 0) is 62.7 Å². The Morgan fingerprint density at radius 2 is 1.78 bits per heavy atom. The zero-order valence-corrected chi connectivity index (χ0v) is 15.3. The number of urea groups is 1. The summed E-state index contributed by atoms with van der Waals surface area (Å²) < 4.78 is 28.1. The van der Waals surface area contributed by atoms with Crippen LogP contribution < -0.4 is 10.6 Å². The van der Waals surface area contributed by atoms with Gasteiger partial charge in [0.2, 0.25) is 0 Å². The smallest absolute Gasteiger partial charge is 0.319 e. The van der Waals surface area contributed by atoms with Crippen molar-refractivity contribution < 1.29 is 13.6 Å². The van der Waals surface area contributed by atoms with Crippen LogP contribution in [-0.4, -0.2) is 37.1 Å². The van der Waals surface area contributed by atoms with Gasteiger partial charge in [-0.2, -0.15) is 0 Å². The Morgan fingerprint density at radius 1 is 1.00 bits per heavy atom. The Bertz CT molecular complexity index is 776. The van der Waals surface area contributed by atoms with Gasteiger partial charge in [-0.3, -0.25) is 0 Å². The molecule has 1 aliphatic rings. The zero-order valence-electron chi connectivity index (χ0n) is 15.3. The Morgan fingerprint density at radius 3 is 2.52 bits per heavy atom. The van der Waals surface area contributed by atoms with Crippen LogP contribution in [0, 0.1) is 11.6 Å². The Kier molecular flexibility index (Phi) is 6.76. The van der Waals surface area contributed by atoms with E-state index < -0.39 is 17.7 Å². The molecule has 1 aliphatic heterocycles. The lowest BCUT2D eigenvalue weighted by Gasteiger charge is -2.26. The maximum Gasteiger partial charge on any atom is 0.319 e. The average Bonchev–Trinajstić information content (AvgIpc) is 2.68. The topological polar surface area (TPSA) is 44.4 Å². The third-order valence-corrected chi connectivity index (χ3v) is 4.79. The number of piperidine rings is 1. The van der Waals surface area contributed by atoms with E-state index in [0.717, 1.165) is 26.1 Å². The predicted molar refractivity (Wildman–Crippen MR) is 104 cm³/mol. The van der Waals surface area contributed by atoms with E-state index in [0.29, 0.717) is 17.7 Å². The van der Waals surface area contributed by atoms with E-state index in [1.807, 2.05) is 0 Å². The minimum Gasteiger partial charge on any atom is -0.338 e. The van der Waals surface area contributed by atoms with Gasteiger partial charge in [0.1, 0.15) is 11.6 Å². The molecule has 27 heavy (non-hydrogen) atoms. The van der Waals surface area contributed by atoms with Gasteiger partial charge in [-0.15, -0.1) is 0 Å². The third-order valence-electron chi connectivity index (χ3n) is 4.79. The number of hydrogen-bond acceptors (Lipinski definition) is 2. The number of rotatable bonds is 6. The minimum atomic E-state index is -0.598. The van der Waals surface area contributed by atoms with Crippen LogP contribution in [0.1, 0.15) is 25.7 Å². The monoisotopic (exact) mass is 373 g/mol. The summed E-state index contributed by atoms with van der Waals surface area (Å²) in [6.45, 7) is 3.76. The molecule has 2 N–H and O–H groups in total. The van der Waals surface area contributed by atoms with Crippen LogP contribution in [0.5, 0.6) is 0 Å². The molecule has 2 aromatic rings. The molecule has 0 atom stereocenters. The molecular formula is C21H25F2N3O. The average molecular weight is 373 g/mol. The Labute approximate surface area is 158 Å². The fourth-order valence-corrected chi connectivity index (χ4v) is 3.33. The van der Waals surface area contributed by atoms with Crippen molar-refractivity contribution in [2.24, 2.45) is 0 Å². The van der Waals surface area contributed by atoms with E-state index in [4.69, 9.17) is 0 Å². The van der Waals surface area contributed by atoms with E-state index in [1.54, 1.807) is 24.3 Å². The molecule has 3 rings (SSSR count). The lowest BCUT2D eigenvalue weighted by atomic mass is 10.0. The molecule has 0 saturated carbocycles. The molecule has 0 unspecified atom stereocenters. The second-order valence-electron chi connectivity index (χ2n) is 6.81. The van der Waals surface area contributed by atoms with Crippen molar-refractivity contribution in [2.75, 3.05) is 31.5 Å². The van der Waals surface area contributed by atoms with Crippen molar-refractivity contribution in [3.63, 3.8) is 0 Å². The van der Waals surface area contributed by atoms with E-state index in [9.17, 15) is 13.6 Å². The van der Waals surface area contributed by atoms with Gasteiger partial charge in [-0.1, -0.05) is 30.7 Å². The summed E-state index contributed by atoms with van der Waals surface area (Å²) in [5, 5.41) is 5.26. The second kappa shape index (κ2) is 9.46. The molecule has 1 fully saturated rings. The number of halogens is 2. The summed E-state index contributed by atoms with van der Waals surface area (Å²) >= 11 is 0.